The molecule has 0 aliphatic carbocycles. The van der Waals surface area contributed by atoms with Crippen LogP contribution in [0.1, 0.15) is 16.8 Å². The Morgan fingerprint density at radius 2 is 1.90 bits per heavy atom. The summed E-state index contributed by atoms with van der Waals surface area (Å²) >= 11 is 0. The van der Waals surface area contributed by atoms with Gasteiger partial charge in [-0.2, -0.15) is 13.2 Å². The van der Waals surface area contributed by atoms with E-state index in [1.165, 1.54) is 6.07 Å². The highest BCUT2D eigenvalue weighted by atomic mass is 19.4. The highest BCUT2D eigenvalue weighted by molar-refractivity contribution is 5.95. The molecule has 0 saturated heterocycles. The van der Waals surface area contributed by atoms with Crippen molar-refractivity contribution < 1.29 is 33.0 Å². The van der Waals surface area contributed by atoms with Crippen LogP contribution in [0.2, 0.25) is 0 Å². The van der Waals surface area contributed by atoms with Crippen molar-refractivity contribution in [3.63, 3.8) is 0 Å². The molecule has 9 heteroatoms. The van der Waals surface area contributed by atoms with Gasteiger partial charge in [0, 0.05) is 12.2 Å². The molecule has 0 aromatic heterocycles. The standard InChI is InChI=1S/C11H11F3N2O4/c12-11(13,14)3-4-15-10(20)16-6-1-2-8(17)7(5-6)9(18)19/h1-2,5,17H,3-4H2,(H,18,19)(H2,15,16,20). The number of halogens is 3. The largest absolute Gasteiger partial charge is 0.507 e. The lowest BCUT2D eigenvalue weighted by atomic mass is 10.2. The number of benzene rings is 1. The molecule has 0 aliphatic heterocycles. The monoisotopic (exact) mass is 292 g/mol. The number of phenols is 1. The SMILES string of the molecule is O=C(NCCC(F)(F)F)Nc1ccc(O)c(C(=O)O)c1. The predicted molar refractivity (Wildman–Crippen MR) is 62.8 cm³/mol. The van der Waals surface area contributed by atoms with Crippen LogP contribution in [0, 0.1) is 0 Å². The third-order valence-electron chi connectivity index (χ3n) is 2.18. The first-order valence-corrected chi connectivity index (χ1v) is 5.37. The van der Waals surface area contributed by atoms with Crippen molar-refractivity contribution in [2.45, 2.75) is 12.6 Å². The average molecular weight is 292 g/mol. The maximum Gasteiger partial charge on any atom is 0.390 e. The zero-order valence-corrected chi connectivity index (χ0v) is 9.99. The molecule has 4 N–H and O–H groups in total. The van der Waals surface area contributed by atoms with E-state index < -0.39 is 42.5 Å². The summed E-state index contributed by atoms with van der Waals surface area (Å²) in [6.07, 6.45) is -5.54. The van der Waals surface area contributed by atoms with E-state index >= 15 is 0 Å². The summed E-state index contributed by atoms with van der Waals surface area (Å²) in [6, 6.07) is 2.34. The Balaban J connectivity index is 2.58. The quantitative estimate of drug-likeness (QED) is 0.639. The lowest BCUT2D eigenvalue weighted by Gasteiger charge is -2.10. The Labute approximate surface area is 111 Å². The Bertz CT molecular complexity index is 517. The summed E-state index contributed by atoms with van der Waals surface area (Å²) in [5.41, 5.74) is -0.400. The number of alkyl halides is 3. The van der Waals surface area contributed by atoms with Crippen LogP contribution in [-0.2, 0) is 0 Å². The number of rotatable bonds is 4. The zero-order chi connectivity index (χ0) is 15.3. The number of anilines is 1. The van der Waals surface area contributed by atoms with Crippen LogP contribution >= 0.6 is 0 Å². The van der Waals surface area contributed by atoms with Crippen molar-refractivity contribution in [3.05, 3.63) is 23.8 Å². The number of nitrogens with one attached hydrogen (secondary N) is 2. The first-order chi connectivity index (χ1) is 9.19. The fourth-order valence-corrected chi connectivity index (χ4v) is 1.28. The van der Waals surface area contributed by atoms with E-state index in [1.54, 1.807) is 0 Å². The van der Waals surface area contributed by atoms with Gasteiger partial charge in [0.25, 0.3) is 0 Å². The number of carbonyl (C=O) groups excluding carboxylic acids is 1. The van der Waals surface area contributed by atoms with Crippen molar-refractivity contribution in [1.82, 2.24) is 5.32 Å². The number of hydrogen-bond acceptors (Lipinski definition) is 3. The number of carbonyl (C=O) groups is 2. The molecule has 0 saturated carbocycles. The van der Waals surface area contributed by atoms with E-state index in [1.807, 2.05) is 5.32 Å². The summed E-state index contributed by atoms with van der Waals surface area (Å²) in [4.78, 5) is 22.0. The molecule has 1 aromatic carbocycles. The van der Waals surface area contributed by atoms with Crippen molar-refractivity contribution in [1.29, 1.82) is 0 Å². The van der Waals surface area contributed by atoms with Gasteiger partial charge < -0.3 is 20.8 Å². The molecule has 0 atom stereocenters. The molecule has 0 aliphatic rings. The van der Waals surface area contributed by atoms with Gasteiger partial charge in [-0.15, -0.1) is 0 Å². The zero-order valence-electron chi connectivity index (χ0n) is 9.99. The summed E-state index contributed by atoms with van der Waals surface area (Å²) in [5.74, 6) is -1.89. The molecule has 1 aromatic rings. The van der Waals surface area contributed by atoms with Crippen LogP contribution in [0.25, 0.3) is 0 Å². The van der Waals surface area contributed by atoms with Gasteiger partial charge in [-0.1, -0.05) is 0 Å². The predicted octanol–water partition coefficient (Wildman–Crippen LogP) is 2.16. The fourth-order valence-electron chi connectivity index (χ4n) is 1.28. The average Bonchev–Trinajstić information content (AvgIpc) is 2.29. The summed E-state index contributed by atoms with van der Waals surface area (Å²) in [6.45, 7) is -0.598. The van der Waals surface area contributed by atoms with E-state index in [9.17, 15) is 27.9 Å². The second-order valence-electron chi connectivity index (χ2n) is 3.78. The minimum atomic E-state index is -4.37. The van der Waals surface area contributed by atoms with Gasteiger partial charge in [-0.3, -0.25) is 0 Å². The summed E-state index contributed by atoms with van der Waals surface area (Å²) in [5, 5.41) is 22.1. The van der Waals surface area contributed by atoms with Gasteiger partial charge >= 0.3 is 18.2 Å². The topological polar surface area (TPSA) is 98.7 Å². The van der Waals surface area contributed by atoms with Gasteiger partial charge in [0.15, 0.2) is 0 Å². The molecule has 2 amide bonds. The molecule has 0 unspecified atom stereocenters. The number of urea groups is 1. The molecule has 0 radical (unpaired) electrons. The van der Waals surface area contributed by atoms with Gasteiger partial charge in [-0.25, -0.2) is 9.59 Å². The van der Waals surface area contributed by atoms with E-state index in [-0.39, 0.29) is 5.69 Å². The third-order valence-corrected chi connectivity index (χ3v) is 2.18. The Morgan fingerprint density at radius 3 is 2.45 bits per heavy atom. The maximum absolute atomic E-state index is 11.9. The minimum Gasteiger partial charge on any atom is -0.507 e. The van der Waals surface area contributed by atoms with Crippen molar-refractivity contribution in [2.75, 3.05) is 11.9 Å². The van der Waals surface area contributed by atoms with Crippen LogP contribution in [0.15, 0.2) is 18.2 Å². The highest BCUT2D eigenvalue weighted by Crippen LogP contribution is 2.21. The molecule has 0 fully saturated rings. The van der Waals surface area contributed by atoms with Crippen LogP contribution < -0.4 is 10.6 Å². The number of carboxylic acids is 1. The van der Waals surface area contributed by atoms with Gasteiger partial charge in [0.05, 0.1) is 6.42 Å². The second-order valence-corrected chi connectivity index (χ2v) is 3.78. The number of aromatic hydroxyl groups is 1. The fraction of sp³-hybridized carbons (Fsp3) is 0.273. The van der Waals surface area contributed by atoms with E-state index in [2.05, 4.69) is 5.32 Å². The van der Waals surface area contributed by atoms with Crippen molar-refractivity contribution >= 4 is 17.7 Å². The van der Waals surface area contributed by atoms with Crippen LogP contribution in [0.3, 0.4) is 0 Å². The number of aromatic carboxylic acids is 1. The number of amides is 2. The molecule has 6 nitrogen and oxygen atoms in total. The second kappa shape index (κ2) is 6.13. The first kappa shape index (κ1) is 15.6. The molecular formula is C11H11F3N2O4. The normalized spacial score (nSPS) is 10.9. The molecule has 0 bridgehead atoms. The lowest BCUT2D eigenvalue weighted by Crippen LogP contribution is -2.31. The Kier molecular flexibility index (Phi) is 4.78. The van der Waals surface area contributed by atoms with E-state index in [0.717, 1.165) is 12.1 Å². The number of carboxylic acid groups (broad SMARTS) is 1. The molecule has 110 valence electrons. The first-order valence-electron chi connectivity index (χ1n) is 5.37. The number of hydrogen-bond donors (Lipinski definition) is 4. The molecule has 1 rings (SSSR count). The minimum absolute atomic E-state index is 0.0321. The Morgan fingerprint density at radius 1 is 1.25 bits per heavy atom. The van der Waals surface area contributed by atoms with Gasteiger partial charge in [0.2, 0.25) is 0 Å². The van der Waals surface area contributed by atoms with Gasteiger partial charge in [-0.05, 0) is 18.2 Å². The van der Waals surface area contributed by atoms with Crippen LogP contribution in [0.4, 0.5) is 23.7 Å². The molecular weight excluding hydrogens is 281 g/mol. The van der Waals surface area contributed by atoms with E-state index in [4.69, 9.17) is 5.11 Å². The summed E-state index contributed by atoms with van der Waals surface area (Å²) < 4.78 is 35.6. The molecule has 0 spiro atoms. The van der Waals surface area contributed by atoms with Crippen LogP contribution in [0.5, 0.6) is 5.75 Å². The van der Waals surface area contributed by atoms with E-state index in [0.29, 0.717) is 0 Å². The smallest absolute Gasteiger partial charge is 0.390 e. The van der Waals surface area contributed by atoms with Crippen molar-refractivity contribution in [3.8, 4) is 5.75 Å². The highest BCUT2D eigenvalue weighted by Gasteiger charge is 2.26. The third kappa shape index (κ3) is 5.04. The molecule has 20 heavy (non-hydrogen) atoms. The summed E-state index contributed by atoms with van der Waals surface area (Å²) in [7, 11) is 0. The van der Waals surface area contributed by atoms with Crippen LogP contribution in [-0.4, -0.2) is 34.9 Å². The lowest BCUT2D eigenvalue weighted by molar-refractivity contribution is -0.132. The van der Waals surface area contributed by atoms with Crippen molar-refractivity contribution in [2.24, 2.45) is 0 Å². The van der Waals surface area contributed by atoms with Gasteiger partial charge in [0.1, 0.15) is 11.3 Å². The maximum atomic E-state index is 11.9. The molecule has 0 heterocycles. The Hall–Kier alpha value is -2.45.